The molecule has 0 aromatic heterocycles. The second-order valence-corrected chi connectivity index (χ2v) is 5.22. The predicted octanol–water partition coefficient (Wildman–Crippen LogP) is 3.07. The number of benzene rings is 2. The molecule has 2 aromatic carbocycles. The maximum Gasteiger partial charge on any atom is 0.326 e. The lowest BCUT2D eigenvalue weighted by molar-refractivity contribution is -0.140. The van der Waals surface area contributed by atoms with Gasteiger partial charge in [0.25, 0.3) is 0 Å². The van der Waals surface area contributed by atoms with Crippen molar-refractivity contribution in [2.75, 3.05) is 5.32 Å². The second-order valence-electron chi connectivity index (χ2n) is 5.22. The molecule has 2 rings (SSSR count). The Bertz CT molecular complexity index is 667. The van der Waals surface area contributed by atoms with Crippen LogP contribution in [0.15, 0.2) is 42.5 Å². The predicted molar refractivity (Wildman–Crippen MR) is 82.4 cm³/mol. The first kappa shape index (κ1) is 14.8. The van der Waals surface area contributed by atoms with Crippen molar-refractivity contribution in [3.8, 4) is 0 Å². The minimum Gasteiger partial charge on any atom is -0.480 e. The minimum atomic E-state index is -1.04. The number of nitrogens with one attached hydrogen (secondary N) is 2. The number of carboxylic acid groups (broad SMARTS) is 1. The monoisotopic (exact) mass is 286 g/mol. The molecule has 21 heavy (non-hydrogen) atoms. The number of anilines is 1. The van der Waals surface area contributed by atoms with Crippen LogP contribution >= 0.6 is 0 Å². The Morgan fingerprint density at radius 1 is 1.05 bits per heavy atom. The highest BCUT2D eigenvalue weighted by atomic mass is 16.4. The van der Waals surface area contributed by atoms with Gasteiger partial charge in [0.05, 0.1) is 0 Å². The van der Waals surface area contributed by atoms with Gasteiger partial charge < -0.3 is 15.7 Å². The molecule has 5 heteroatoms. The fourth-order valence-electron chi connectivity index (χ4n) is 2.09. The SMILES string of the molecule is CC(C)[C@@H](NC(=O)Nc1ccc2ccccc2c1)C(=O)O. The molecule has 2 aromatic rings. The van der Waals surface area contributed by atoms with Crippen molar-refractivity contribution in [2.45, 2.75) is 19.9 Å². The van der Waals surface area contributed by atoms with Crippen molar-refractivity contribution in [1.82, 2.24) is 5.32 Å². The molecule has 1 atom stereocenters. The van der Waals surface area contributed by atoms with E-state index in [4.69, 9.17) is 5.11 Å². The van der Waals surface area contributed by atoms with Crippen molar-refractivity contribution in [2.24, 2.45) is 5.92 Å². The Labute approximate surface area is 123 Å². The summed E-state index contributed by atoms with van der Waals surface area (Å²) in [5, 5.41) is 16.3. The van der Waals surface area contributed by atoms with E-state index in [1.165, 1.54) is 0 Å². The molecule has 0 heterocycles. The highest BCUT2D eigenvalue weighted by molar-refractivity contribution is 5.95. The molecule has 2 amide bonds. The van der Waals surface area contributed by atoms with Crippen LogP contribution in [0, 0.1) is 5.92 Å². The normalized spacial score (nSPS) is 12.1. The summed E-state index contributed by atoms with van der Waals surface area (Å²) < 4.78 is 0. The van der Waals surface area contributed by atoms with Gasteiger partial charge in [0.15, 0.2) is 0 Å². The summed E-state index contributed by atoms with van der Waals surface area (Å²) in [5.41, 5.74) is 0.624. The molecule has 0 spiro atoms. The Morgan fingerprint density at radius 2 is 1.71 bits per heavy atom. The molecule has 5 nitrogen and oxygen atoms in total. The van der Waals surface area contributed by atoms with Crippen LogP contribution in [0.1, 0.15) is 13.8 Å². The summed E-state index contributed by atoms with van der Waals surface area (Å²) in [6.07, 6.45) is 0. The molecular weight excluding hydrogens is 268 g/mol. The van der Waals surface area contributed by atoms with Crippen LogP contribution in [0.5, 0.6) is 0 Å². The Balaban J connectivity index is 2.08. The number of carbonyl (C=O) groups excluding carboxylic acids is 1. The summed E-state index contributed by atoms with van der Waals surface area (Å²) in [7, 11) is 0. The maximum atomic E-state index is 11.9. The summed E-state index contributed by atoms with van der Waals surface area (Å²) in [6, 6.07) is 11.9. The van der Waals surface area contributed by atoms with Gasteiger partial charge in [-0.1, -0.05) is 44.2 Å². The molecule has 0 radical (unpaired) electrons. The topological polar surface area (TPSA) is 78.4 Å². The van der Waals surface area contributed by atoms with Crippen molar-refractivity contribution < 1.29 is 14.7 Å². The third-order valence-corrected chi connectivity index (χ3v) is 3.23. The summed E-state index contributed by atoms with van der Waals surface area (Å²) >= 11 is 0. The Morgan fingerprint density at radius 3 is 2.33 bits per heavy atom. The molecule has 0 saturated carbocycles. The average molecular weight is 286 g/mol. The van der Waals surface area contributed by atoms with E-state index in [0.717, 1.165) is 10.8 Å². The van der Waals surface area contributed by atoms with Gasteiger partial charge in [0.2, 0.25) is 0 Å². The van der Waals surface area contributed by atoms with Crippen molar-refractivity contribution in [3.05, 3.63) is 42.5 Å². The third kappa shape index (κ3) is 3.72. The smallest absolute Gasteiger partial charge is 0.326 e. The molecule has 0 unspecified atom stereocenters. The first-order chi connectivity index (χ1) is 9.97. The minimum absolute atomic E-state index is 0.190. The molecule has 0 aliphatic carbocycles. The zero-order chi connectivity index (χ0) is 15.4. The first-order valence-electron chi connectivity index (χ1n) is 6.76. The van der Waals surface area contributed by atoms with Gasteiger partial charge in [-0.15, -0.1) is 0 Å². The van der Waals surface area contributed by atoms with Crippen molar-refractivity contribution in [1.29, 1.82) is 0 Å². The van der Waals surface area contributed by atoms with Crippen LogP contribution in [-0.4, -0.2) is 23.1 Å². The van der Waals surface area contributed by atoms with Crippen LogP contribution in [0.4, 0.5) is 10.5 Å². The average Bonchev–Trinajstić information content (AvgIpc) is 2.44. The van der Waals surface area contributed by atoms with Crippen LogP contribution in [0.3, 0.4) is 0 Å². The largest absolute Gasteiger partial charge is 0.480 e. The van der Waals surface area contributed by atoms with Gasteiger partial charge in [0.1, 0.15) is 6.04 Å². The first-order valence-corrected chi connectivity index (χ1v) is 6.76. The van der Waals surface area contributed by atoms with E-state index in [1.54, 1.807) is 19.9 Å². The highest BCUT2D eigenvalue weighted by Gasteiger charge is 2.23. The Hall–Kier alpha value is -2.56. The van der Waals surface area contributed by atoms with E-state index in [0.29, 0.717) is 5.69 Å². The maximum absolute atomic E-state index is 11.9. The van der Waals surface area contributed by atoms with E-state index >= 15 is 0 Å². The Kier molecular flexibility index (Phi) is 4.42. The molecule has 0 aliphatic rings. The number of carbonyl (C=O) groups is 2. The lowest BCUT2D eigenvalue weighted by Gasteiger charge is -2.18. The van der Waals surface area contributed by atoms with Crippen LogP contribution < -0.4 is 10.6 Å². The molecule has 110 valence electrons. The second kappa shape index (κ2) is 6.26. The van der Waals surface area contributed by atoms with Crippen LogP contribution in [0.2, 0.25) is 0 Å². The molecule has 0 saturated heterocycles. The number of hydrogen-bond donors (Lipinski definition) is 3. The molecule has 0 bridgehead atoms. The van der Waals surface area contributed by atoms with E-state index in [1.807, 2.05) is 36.4 Å². The lowest BCUT2D eigenvalue weighted by Crippen LogP contribution is -2.46. The van der Waals surface area contributed by atoms with Gasteiger partial charge in [0, 0.05) is 5.69 Å². The number of urea groups is 1. The van der Waals surface area contributed by atoms with Gasteiger partial charge in [-0.05, 0) is 28.8 Å². The third-order valence-electron chi connectivity index (χ3n) is 3.23. The van der Waals surface area contributed by atoms with Gasteiger partial charge in [-0.3, -0.25) is 0 Å². The summed E-state index contributed by atoms with van der Waals surface area (Å²) in [5.74, 6) is -1.23. The zero-order valence-electron chi connectivity index (χ0n) is 12.0. The van der Waals surface area contributed by atoms with Crippen molar-refractivity contribution in [3.63, 3.8) is 0 Å². The summed E-state index contributed by atoms with van der Waals surface area (Å²) in [4.78, 5) is 22.9. The zero-order valence-corrected chi connectivity index (χ0v) is 12.0. The number of fused-ring (bicyclic) bond motifs is 1. The van der Waals surface area contributed by atoms with E-state index in [-0.39, 0.29) is 5.92 Å². The quantitative estimate of drug-likeness (QED) is 0.808. The lowest BCUT2D eigenvalue weighted by atomic mass is 10.1. The number of aliphatic carboxylic acids is 1. The van der Waals surface area contributed by atoms with Gasteiger partial charge >= 0.3 is 12.0 Å². The standard InChI is InChI=1S/C16H18N2O3/c1-10(2)14(15(19)20)18-16(21)17-13-8-7-11-5-3-4-6-12(11)9-13/h3-10,14H,1-2H3,(H,19,20)(H2,17,18,21)/t14-/m1/s1. The fraction of sp³-hybridized carbons (Fsp3) is 0.250. The van der Waals surface area contributed by atoms with Gasteiger partial charge in [-0.2, -0.15) is 0 Å². The fourth-order valence-corrected chi connectivity index (χ4v) is 2.09. The van der Waals surface area contributed by atoms with Crippen LogP contribution in [0.25, 0.3) is 10.8 Å². The number of amides is 2. The summed E-state index contributed by atoms with van der Waals surface area (Å²) in [6.45, 7) is 3.49. The molecule has 3 N–H and O–H groups in total. The number of rotatable bonds is 4. The van der Waals surface area contributed by atoms with Gasteiger partial charge in [-0.25, -0.2) is 9.59 Å². The van der Waals surface area contributed by atoms with Crippen LogP contribution in [-0.2, 0) is 4.79 Å². The molecular formula is C16H18N2O3. The van der Waals surface area contributed by atoms with E-state index in [9.17, 15) is 9.59 Å². The highest BCUT2D eigenvalue weighted by Crippen LogP contribution is 2.18. The number of hydrogen-bond acceptors (Lipinski definition) is 2. The van der Waals surface area contributed by atoms with E-state index < -0.39 is 18.0 Å². The number of carboxylic acids is 1. The molecule has 0 fully saturated rings. The molecule has 0 aliphatic heterocycles. The van der Waals surface area contributed by atoms with E-state index in [2.05, 4.69) is 10.6 Å². The van der Waals surface area contributed by atoms with Crippen molar-refractivity contribution >= 4 is 28.5 Å².